The summed E-state index contributed by atoms with van der Waals surface area (Å²) in [5.41, 5.74) is 0.593. The Hall–Kier alpha value is -2.44. The molecule has 0 aliphatic heterocycles. The molecule has 3 rings (SSSR count). The summed E-state index contributed by atoms with van der Waals surface area (Å²) in [6.07, 6.45) is 5.33. The smallest absolute Gasteiger partial charge is 0.261 e. The molecule has 0 radical (unpaired) electrons. The fourth-order valence-electron chi connectivity index (χ4n) is 3.91. The van der Waals surface area contributed by atoms with E-state index >= 15 is 0 Å². The van der Waals surface area contributed by atoms with Gasteiger partial charge in [-0.3, -0.25) is 9.59 Å². The topological polar surface area (TPSA) is 67.9 Å². The molecule has 1 aliphatic carbocycles. The Labute approximate surface area is 205 Å². The molecular weight excluding hydrogens is 463 g/mol. The zero-order chi connectivity index (χ0) is 23.8. The van der Waals surface area contributed by atoms with E-state index in [4.69, 9.17) is 32.7 Å². The van der Waals surface area contributed by atoms with Gasteiger partial charge in [-0.25, -0.2) is 0 Å². The van der Waals surface area contributed by atoms with E-state index in [9.17, 15) is 9.59 Å². The first-order valence-electron chi connectivity index (χ1n) is 11.2. The lowest BCUT2D eigenvalue weighted by molar-refractivity contribution is -0.142. The number of hydrogen-bond donors (Lipinski definition) is 1. The number of methoxy groups -OCH3 is 1. The van der Waals surface area contributed by atoms with Gasteiger partial charge in [-0.2, -0.15) is 0 Å². The molecule has 178 valence electrons. The lowest BCUT2D eigenvalue weighted by atomic mass is 9.95. The van der Waals surface area contributed by atoms with Gasteiger partial charge >= 0.3 is 0 Å². The quantitative estimate of drug-likeness (QED) is 0.519. The molecule has 1 fully saturated rings. The Kier molecular flexibility index (Phi) is 9.27. The summed E-state index contributed by atoms with van der Waals surface area (Å²) >= 11 is 12.7. The van der Waals surface area contributed by atoms with Crippen LogP contribution in [0.25, 0.3) is 0 Å². The number of benzene rings is 2. The van der Waals surface area contributed by atoms with Crippen LogP contribution in [0, 0.1) is 0 Å². The number of halogens is 2. The van der Waals surface area contributed by atoms with Gasteiger partial charge in [0, 0.05) is 28.2 Å². The Bertz CT molecular complexity index is 926. The highest BCUT2D eigenvalue weighted by molar-refractivity contribution is 6.36. The molecule has 1 unspecified atom stereocenters. The number of rotatable bonds is 9. The summed E-state index contributed by atoms with van der Waals surface area (Å²) < 4.78 is 10.8. The summed E-state index contributed by atoms with van der Waals surface area (Å²) in [6, 6.07) is 11.5. The Morgan fingerprint density at radius 1 is 1.03 bits per heavy atom. The van der Waals surface area contributed by atoms with Crippen molar-refractivity contribution in [3.63, 3.8) is 0 Å². The van der Waals surface area contributed by atoms with Gasteiger partial charge in [0.25, 0.3) is 5.91 Å². The minimum absolute atomic E-state index is 0.0998. The van der Waals surface area contributed by atoms with Crippen LogP contribution in [0.5, 0.6) is 11.5 Å². The van der Waals surface area contributed by atoms with Gasteiger partial charge in [-0.15, -0.1) is 0 Å². The van der Waals surface area contributed by atoms with Crippen LogP contribution >= 0.6 is 23.2 Å². The van der Waals surface area contributed by atoms with Crippen molar-refractivity contribution in [2.75, 3.05) is 13.7 Å². The van der Waals surface area contributed by atoms with Gasteiger partial charge in [0.1, 0.15) is 17.5 Å². The van der Waals surface area contributed by atoms with Gasteiger partial charge in [0.05, 0.1) is 7.11 Å². The summed E-state index contributed by atoms with van der Waals surface area (Å²) in [4.78, 5) is 27.7. The van der Waals surface area contributed by atoms with E-state index in [0.717, 1.165) is 25.7 Å². The van der Waals surface area contributed by atoms with Crippen molar-refractivity contribution in [1.29, 1.82) is 0 Å². The van der Waals surface area contributed by atoms with Crippen molar-refractivity contribution in [2.45, 2.75) is 57.7 Å². The normalized spacial score (nSPS) is 14.9. The van der Waals surface area contributed by atoms with Gasteiger partial charge in [0.15, 0.2) is 6.61 Å². The molecule has 2 amide bonds. The van der Waals surface area contributed by atoms with Crippen molar-refractivity contribution < 1.29 is 19.1 Å². The summed E-state index contributed by atoms with van der Waals surface area (Å²) in [5.74, 6) is 0.687. The third kappa shape index (κ3) is 7.02. The van der Waals surface area contributed by atoms with E-state index in [0.29, 0.717) is 27.1 Å². The zero-order valence-corrected chi connectivity index (χ0v) is 20.5. The molecule has 0 heterocycles. The zero-order valence-electron chi connectivity index (χ0n) is 19.0. The van der Waals surface area contributed by atoms with Crippen molar-refractivity contribution in [3.8, 4) is 11.5 Å². The molecule has 8 heteroatoms. The summed E-state index contributed by atoms with van der Waals surface area (Å²) in [6.45, 7) is 1.59. The van der Waals surface area contributed by atoms with Crippen molar-refractivity contribution >= 4 is 35.0 Å². The van der Waals surface area contributed by atoms with E-state index in [2.05, 4.69) is 5.32 Å². The van der Waals surface area contributed by atoms with Crippen LogP contribution in [0.15, 0.2) is 42.5 Å². The van der Waals surface area contributed by atoms with E-state index in [1.54, 1.807) is 56.5 Å². The van der Waals surface area contributed by atoms with Crippen molar-refractivity contribution in [1.82, 2.24) is 10.2 Å². The van der Waals surface area contributed by atoms with Crippen molar-refractivity contribution in [2.24, 2.45) is 0 Å². The Morgan fingerprint density at radius 3 is 2.24 bits per heavy atom. The minimum Gasteiger partial charge on any atom is -0.497 e. The van der Waals surface area contributed by atoms with E-state index in [1.165, 1.54) is 11.3 Å². The molecule has 2 aromatic rings. The summed E-state index contributed by atoms with van der Waals surface area (Å²) in [5, 5.41) is 3.98. The molecule has 33 heavy (non-hydrogen) atoms. The van der Waals surface area contributed by atoms with Gasteiger partial charge < -0.3 is 19.7 Å². The van der Waals surface area contributed by atoms with E-state index < -0.39 is 6.04 Å². The van der Waals surface area contributed by atoms with E-state index in [-0.39, 0.29) is 31.0 Å². The molecule has 0 aromatic heterocycles. The molecular formula is C25H30Cl2N2O4. The lowest BCUT2D eigenvalue weighted by Gasteiger charge is -2.31. The second-order valence-electron chi connectivity index (χ2n) is 8.21. The fraction of sp³-hybridized carbons (Fsp3) is 0.440. The van der Waals surface area contributed by atoms with Crippen molar-refractivity contribution in [3.05, 3.63) is 58.1 Å². The highest BCUT2D eigenvalue weighted by Gasteiger charge is 2.29. The molecule has 0 saturated heterocycles. The highest BCUT2D eigenvalue weighted by atomic mass is 35.5. The number of ether oxygens (including phenoxy) is 2. The monoisotopic (exact) mass is 492 g/mol. The Morgan fingerprint density at radius 2 is 1.64 bits per heavy atom. The van der Waals surface area contributed by atoms with E-state index in [1.807, 2.05) is 0 Å². The predicted molar refractivity (Wildman–Crippen MR) is 130 cm³/mol. The first kappa shape index (κ1) is 25.2. The van der Waals surface area contributed by atoms with Gasteiger partial charge in [-0.05, 0) is 56.2 Å². The molecule has 6 nitrogen and oxygen atoms in total. The minimum atomic E-state index is -0.716. The number of hydrogen-bond acceptors (Lipinski definition) is 4. The molecule has 0 bridgehead atoms. The average molecular weight is 493 g/mol. The summed E-state index contributed by atoms with van der Waals surface area (Å²) in [7, 11) is 1.58. The third-order valence-corrected chi connectivity index (χ3v) is 6.64. The van der Waals surface area contributed by atoms with Crippen LogP contribution in [0.1, 0.15) is 44.6 Å². The predicted octanol–water partition coefficient (Wildman–Crippen LogP) is 5.25. The van der Waals surface area contributed by atoms with Crippen LogP contribution in [0.4, 0.5) is 0 Å². The first-order valence-corrected chi connectivity index (χ1v) is 11.9. The second kappa shape index (κ2) is 12.1. The molecule has 1 N–H and O–H groups in total. The SMILES string of the molecule is COc1ccc(OCC(=O)N(Cc2c(Cl)cccc2Cl)C(C)C(=O)NC2CCCCC2)cc1. The van der Waals surface area contributed by atoms with Crippen LogP contribution in [0.3, 0.4) is 0 Å². The number of amides is 2. The maximum absolute atomic E-state index is 13.2. The van der Waals surface area contributed by atoms with Gasteiger partial charge in [0.2, 0.25) is 5.91 Å². The standard InChI is InChI=1S/C25H30Cl2N2O4/c1-17(25(31)28-18-7-4-3-5-8-18)29(15-21-22(26)9-6-10-23(21)27)24(30)16-33-20-13-11-19(32-2)12-14-20/h6,9-14,17-18H,3-5,7-8,15-16H2,1-2H3,(H,28,31). The van der Waals surface area contributed by atoms with Crippen LogP contribution in [0.2, 0.25) is 10.0 Å². The first-order chi connectivity index (χ1) is 15.9. The Balaban J connectivity index is 1.74. The fourth-order valence-corrected chi connectivity index (χ4v) is 4.42. The van der Waals surface area contributed by atoms with Crippen LogP contribution < -0.4 is 14.8 Å². The molecule has 1 aliphatic rings. The maximum atomic E-state index is 13.2. The maximum Gasteiger partial charge on any atom is 0.261 e. The lowest BCUT2D eigenvalue weighted by Crippen LogP contribution is -2.51. The van der Waals surface area contributed by atoms with Crippen LogP contribution in [-0.4, -0.2) is 42.5 Å². The molecule has 0 spiro atoms. The average Bonchev–Trinajstić information content (AvgIpc) is 2.83. The van der Waals surface area contributed by atoms with Gasteiger partial charge in [-0.1, -0.05) is 48.5 Å². The number of carbonyl (C=O) groups is 2. The highest BCUT2D eigenvalue weighted by Crippen LogP contribution is 2.27. The van der Waals surface area contributed by atoms with Crippen LogP contribution in [-0.2, 0) is 16.1 Å². The second-order valence-corrected chi connectivity index (χ2v) is 9.02. The molecule has 1 saturated carbocycles. The molecule has 2 aromatic carbocycles. The largest absolute Gasteiger partial charge is 0.497 e. The number of nitrogens with one attached hydrogen (secondary N) is 1. The molecule has 1 atom stereocenters. The number of carbonyl (C=O) groups excluding carboxylic acids is 2. The number of nitrogens with zero attached hydrogens (tertiary/aromatic N) is 1. The third-order valence-electron chi connectivity index (χ3n) is 5.93.